The third-order valence-electron chi connectivity index (χ3n) is 1.82. The molecule has 0 spiro atoms. The molecule has 76 valence electrons. The van der Waals surface area contributed by atoms with Crippen molar-refractivity contribution in [3.8, 4) is 11.8 Å². The van der Waals surface area contributed by atoms with E-state index in [1.54, 1.807) is 12.1 Å². The van der Waals surface area contributed by atoms with E-state index < -0.39 is 5.97 Å². The molecule has 0 aliphatic rings. The first-order chi connectivity index (χ1) is 7.19. The quantitative estimate of drug-likeness (QED) is 0.762. The zero-order valence-corrected chi connectivity index (χ0v) is 8.10. The third kappa shape index (κ3) is 2.58. The summed E-state index contributed by atoms with van der Waals surface area (Å²) in [7, 11) is 1.45. The average molecular weight is 203 g/mol. The fourth-order valence-corrected chi connectivity index (χ4v) is 1.11. The van der Waals surface area contributed by atoms with Gasteiger partial charge in [-0.25, -0.2) is 4.79 Å². The molecule has 4 heteroatoms. The summed E-state index contributed by atoms with van der Waals surface area (Å²) in [5.41, 5.74) is 0.824. The van der Waals surface area contributed by atoms with Crippen molar-refractivity contribution in [2.75, 3.05) is 7.11 Å². The largest absolute Gasteiger partial charge is 0.496 e. The fourth-order valence-electron chi connectivity index (χ4n) is 1.11. The normalized spacial score (nSPS) is 9.87. The Bertz CT molecular complexity index is 444. The van der Waals surface area contributed by atoms with Gasteiger partial charge in [0.05, 0.1) is 18.7 Å². The molecule has 0 heterocycles. The second kappa shape index (κ2) is 4.82. The molecule has 15 heavy (non-hydrogen) atoms. The number of nitrogens with zero attached hydrogens (tertiary/aromatic N) is 1. The van der Waals surface area contributed by atoms with Crippen molar-refractivity contribution < 1.29 is 14.6 Å². The average Bonchev–Trinajstić information content (AvgIpc) is 2.25. The Morgan fingerprint density at radius 3 is 2.87 bits per heavy atom. The standard InChI is InChI=1S/C11H9NO3/c1-15-10-7-9(11(13)14)5-4-8(10)3-2-6-12/h2-5,7H,1H3,(H,13,14). The van der Waals surface area contributed by atoms with E-state index in [1.165, 1.54) is 25.3 Å². The summed E-state index contributed by atoms with van der Waals surface area (Å²) in [6.45, 7) is 0. The van der Waals surface area contributed by atoms with Crippen LogP contribution in [0, 0.1) is 11.3 Å². The van der Waals surface area contributed by atoms with Crippen LogP contribution in [0.1, 0.15) is 15.9 Å². The summed E-state index contributed by atoms with van der Waals surface area (Å²) >= 11 is 0. The molecular formula is C11H9NO3. The van der Waals surface area contributed by atoms with Crippen molar-refractivity contribution in [2.45, 2.75) is 0 Å². The lowest BCUT2D eigenvalue weighted by Crippen LogP contribution is -1.97. The summed E-state index contributed by atoms with van der Waals surface area (Å²) in [6.07, 6.45) is 2.86. The van der Waals surface area contributed by atoms with Gasteiger partial charge in [0.2, 0.25) is 0 Å². The number of carboxylic acids is 1. The lowest BCUT2D eigenvalue weighted by atomic mass is 10.1. The molecule has 0 aromatic heterocycles. The predicted octanol–water partition coefficient (Wildman–Crippen LogP) is 1.93. The van der Waals surface area contributed by atoms with E-state index in [0.717, 1.165) is 0 Å². The van der Waals surface area contributed by atoms with E-state index in [-0.39, 0.29) is 5.56 Å². The van der Waals surface area contributed by atoms with Crippen LogP contribution >= 0.6 is 0 Å². The van der Waals surface area contributed by atoms with Gasteiger partial charge in [0.15, 0.2) is 0 Å². The van der Waals surface area contributed by atoms with Crippen LogP contribution in [0.5, 0.6) is 5.75 Å². The Labute approximate surface area is 87.0 Å². The van der Waals surface area contributed by atoms with Crippen LogP contribution in [-0.2, 0) is 0 Å². The molecule has 0 amide bonds. The number of nitriles is 1. The summed E-state index contributed by atoms with van der Waals surface area (Å²) in [5, 5.41) is 17.1. The predicted molar refractivity (Wildman–Crippen MR) is 54.6 cm³/mol. The highest BCUT2D eigenvalue weighted by Gasteiger charge is 2.06. The minimum absolute atomic E-state index is 0.154. The molecule has 0 radical (unpaired) electrons. The summed E-state index contributed by atoms with van der Waals surface area (Å²) in [5.74, 6) is -0.578. The Kier molecular flexibility index (Phi) is 3.47. The number of aromatic carboxylic acids is 1. The number of carbonyl (C=O) groups is 1. The Balaban J connectivity index is 3.16. The van der Waals surface area contributed by atoms with Crippen LogP contribution in [0.2, 0.25) is 0 Å². The lowest BCUT2D eigenvalue weighted by Gasteiger charge is -2.05. The maximum absolute atomic E-state index is 10.7. The van der Waals surface area contributed by atoms with Crippen LogP contribution in [0.4, 0.5) is 0 Å². The first-order valence-electron chi connectivity index (χ1n) is 4.16. The minimum Gasteiger partial charge on any atom is -0.496 e. The van der Waals surface area contributed by atoms with Gasteiger partial charge in [0, 0.05) is 11.6 Å². The van der Waals surface area contributed by atoms with Crippen LogP contribution < -0.4 is 4.74 Å². The van der Waals surface area contributed by atoms with Crippen LogP contribution in [0.15, 0.2) is 24.3 Å². The van der Waals surface area contributed by atoms with Crippen LogP contribution in [0.25, 0.3) is 6.08 Å². The van der Waals surface area contributed by atoms with E-state index in [2.05, 4.69) is 0 Å². The zero-order chi connectivity index (χ0) is 11.3. The van der Waals surface area contributed by atoms with Gasteiger partial charge in [-0.2, -0.15) is 5.26 Å². The van der Waals surface area contributed by atoms with Gasteiger partial charge in [-0.1, -0.05) is 6.07 Å². The zero-order valence-electron chi connectivity index (χ0n) is 8.10. The number of hydrogen-bond acceptors (Lipinski definition) is 3. The van der Waals surface area contributed by atoms with Gasteiger partial charge >= 0.3 is 5.97 Å². The highest BCUT2D eigenvalue weighted by atomic mass is 16.5. The monoisotopic (exact) mass is 203 g/mol. The van der Waals surface area contributed by atoms with Crippen molar-refractivity contribution in [3.63, 3.8) is 0 Å². The molecule has 0 bridgehead atoms. The Morgan fingerprint density at radius 2 is 2.33 bits per heavy atom. The molecular weight excluding hydrogens is 194 g/mol. The molecule has 0 fully saturated rings. The second-order valence-electron chi connectivity index (χ2n) is 2.72. The van der Waals surface area contributed by atoms with E-state index in [4.69, 9.17) is 15.1 Å². The molecule has 4 nitrogen and oxygen atoms in total. The van der Waals surface area contributed by atoms with E-state index in [1.807, 2.05) is 6.07 Å². The molecule has 1 aromatic carbocycles. The second-order valence-corrected chi connectivity index (χ2v) is 2.72. The lowest BCUT2D eigenvalue weighted by molar-refractivity contribution is 0.0696. The number of hydrogen-bond donors (Lipinski definition) is 1. The topological polar surface area (TPSA) is 70.3 Å². The number of rotatable bonds is 3. The Hall–Kier alpha value is -2.28. The highest BCUT2D eigenvalue weighted by molar-refractivity contribution is 5.88. The van der Waals surface area contributed by atoms with Crippen molar-refractivity contribution in [2.24, 2.45) is 0 Å². The van der Waals surface area contributed by atoms with Gasteiger partial charge < -0.3 is 9.84 Å². The van der Waals surface area contributed by atoms with Crippen LogP contribution in [-0.4, -0.2) is 18.2 Å². The van der Waals surface area contributed by atoms with E-state index >= 15 is 0 Å². The highest BCUT2D eigenvalue weighted by Crippen LogP contribution is 2.21. The first-order valence-corrected chi connectivity index (χ1v) is 4.16. The van der Waals surface area contributed by atoms with Gasteiger partial charge in [-0.3, -0.25) is 0 Å². The van der Waals surface area contributed by atoms with Gasteiger partial charge in [0.1, 0.15) is 5.75 Å². The van der Waals surface area contributed by atoms with Crippen molar-refractivity contribution >= 4 is 12.0 Å². The van der Waals surface area contributed by atoms with E-state index in [9.17, 15) is 4.79 Å². The molecule has 0 atom stereocenters. The van der Waals surface area contributed by atoms with Crippen molar-refractivity contribution in [3.05, 3.63) is 35.4 Å². The molecule has 0 aliphatic heterocycles. The number of carboxylic acid groups (broad SMARTS) is 1. The van der Waals surface area contributed by atoms with Gasteiger partial charge in [-0.15, -0.1) is 0 Å². The maximum Gasteiger partial charge on any atom is 0.335 e. The minimum atomic E-state index is -1.01. The number of methoxy groups -OCH3 is 1. The van der Waals surface area contributed by atoms with Crippen LogP contribution in [0.3, 0.4) is 0 Å². The molecule has 0 unspecified atom stereocenters. The number of ether oxygens (including phenoxy) is 1. The fraction of sp³-hybridized carbons (Fsp3) is 0.0909. The SMILES string of the molecule is COc1cc(C(=O)O)ccc1C=CC#N. The Morgan fingerprint density at radius 1 is 1.60 bits per heavy atom. The smallest absolute Gasteiger partial charge is 0.335 e. The molecule has 1 N–H and O–H groups in total. The first kappa shape index (κ1) is 10.8. The third-order valence-corrected chi connectivity index (χ3v) is 1.82. The molecule has 1 aromatic rings. The molecule has 0 saturated carbocycles. The summed E-state index contributed by atoms with van der Waals surface area (Å²) in [6, 6.07) is 6.32. The summed E-state index contributed by atoms with van der Waals surface area (Å²) in [4.78, 5) is 10.7. The van der Waals surface area contributed by atoms with Crippen molar-refractivity contribution in [1.29, 1.82) is 5.26 Å². The van der Waals surface area contributed by atoms with Crippen molar-refractivity contribution in [1.82, 2.24) is 0 Å². The molecule has 0 aliphatic carbocycles. The van der Waals surface area contributed by atoms with Gasteiger partial charge in [-0.05, 0) is 18.2 Å². The molecule has 1 rings (SSSR count). The summed E-state index contributed by atoms with van der Waals surface area (Å²) < 4.78 is 5.01. The number of allylic oxidation sites excluding steroid dienone is 1. The number of benzene rings is 1. The molecule has 0 saturated heterocycles. The van der Waals surface area contributed by atoms with Gasteiger partial charge in [0.25, 0.3) is 0 Å². The maximum atomic E-state index is 10.7. The van der Waals surface area contributed by atoms with E-state index in [0.29, 0.717) is 11.3 Å².